The van der Waals surface area contributed by atoms with Gasteiger partial charge in [-0.15, -0.1) is 16.4 Å². The molecule has 3 aromatic rings. The minimum absolute atomic E-state index is 0.194. The number of hydrogen-bond donors (Lipinski definition) is 1. The third-order valence-electron chi connectivity index (χ3n) is 3.17. The lowest BCUT2D eigenvalue weighted by Gasteiger charge is -2.04. The van der Waals surface area contributed by atoms with E-state index >= 15 is 0 Å². The average Bonchev–Trinajstić information content (AvgIpc) is 2.91. The van der Waals surface area contributed by atoms with E-state index < -0.39 is 0 Å². The maximum absolute atomic E-state index is 9.71. The first-order valence-electron chi connectivity index (χ1n) is 6.83. The molecule has 0 fully saturated rings. The lowest BCUT2D eigenvalue weighted by Crippen LogP contribution is -2.13. The summed E-state index contributed by atoms with van der Waals surface area (Å²) in [7, 11) is 0. The monoisotopic (exact) mass is 309 g/mol. The number of benzene rings is 2. The van der Waals surface area contributed by atoms with Crippen molar-refractivity contribution in [1.29, 1.82) is 0 Å². The summed E-state index contributed by atoms with van der Waals surface area (Å²) in [5.41, 5.74) is 2.80. The molecule has 0 aliphatic carbocycles. The molecular formula is C17H15N3OS. The van der Waals surface area contributed by atoms with E-state index in [4.69, 9.17) is 0 Å². The van der Waals surface area contributed by atoms with Gasteiger partial charge in [0.25, 0.3) is 0 Å². The molecule has 0 unspecified atom stereocenters. The van der Waals surface area contributed by atoms with Crippen molar-refractivity contribution in [3.05, 3.63) is 76.0 Å². The lowest BCUT2D eigenvalue weighted by molar-refractivity contribution is 0.474. The minimum Gasteiger partial charge on any atom is -0.507 e. The zero-order chi connectivity index (χ0) is 15.4. The molecule has 3 rings (SSSR count). The van der Waals surface area contributed by atoms with Crippen molar-refractivity contribution in [3.8, 4) is 11.4 Å². The SMILES string of the molecule is Cc1cs/c(=N\N=C/c2ccccc2O)n1-c1ccccc1. The van der Waals surface area contributed by atoms with Crippen LogP contribution in [0.1, 0.15) is 11.3 Å². The van der Waals surface area contributed by atoms with Gasteiger partial charge in [-0.2, -0.15) is 5.10 Å². The van der Waals surface area contributed by atoms with E-state index in [0.29, 0.717) is 5.56 Å². The molecule has 0 saturated heterocycles. The summed E-state index contributed by atoms with van der Waals surface area (Å²) in [6.07, 6.45) is 1.56. The Balaban J connectivity index is 1.98. The third-order valence-corrected chi connectivity index (χ3v) is 4.10. The number of phenolic OH excluding ortho intramolecular Hbond substituents is 1. The van der Waals surface area contributed by atoms with Crippen LogP contribution < -0.4 is 4.80 Å². The van der Waals surface area contributed by atoms with Crippen LogP contribution in [0.5, 0.6) is 5.75 Å². The molecule has 0 atom stereocenters. The Labute approximate surface area is 132 Å². The Morgan fingerprint density at radius 1 is 1.05 bits per heavy atom. The van der Waals surface area contributed by atoms with Crippen LogP contribution in [-0.2, 0) is 0 Å². The maximum atomic E-state index is 9.71. The van der Waals surface area contributed by atoms with E-state index in [0.717, 1.165) is 16.2 Å². The number of rotatable bonds is 3. The van der Waals surface area contributed by atoms with E-state index in [2.05, 4.69) is 10.2 Å². The second-order valence-electron chi connectivity index (χ2n) is 4.73. The van der Waals surface area contributed by atoms with Crippen LogP contribution in [0.15, 0.2) is 70.2 Å². The predicted molar refractivity (Wildman–Crippen MR) is 89.6 cm³/mol. The van der Waals surface area contributed by atoms with Crippen LogP contribution in [0, 0.1) is 6.92 Å². The van der Waals surface area contributed by atoms with Gasteiger partial charge in [0.2, 0.25) is 4.80 Å². The normalized spacial score (nSPS) is 12.1. The number of aromatic nitrogens is 1. The molecule has 0 radical (unpaired) electrons. The molecular weight excluding hydrogens is 294 g/mol. The van der Waals surface area contributed by atoms with E-state index in [1.165, 1.54) is 11.3 Å². The number of aryl methyl sites for hydroxylation is 1. The molecule has 0 aliphatic heterocycles. The highest BCUT2D eigenvalue weighted by atomic mass is 32.1. The van der Waals surface area contributed by atoms with E-state index in [1.807, 2.05) is 53.3 Å². The quantitative estimate of drug-likeness (QED) is 0.584. The topological polar surface area (TPSA) is 49.9 Å². The van der Waals surface area contributed by atoms with Crippen LogP contribution in [0.2, 0.25) is 0 Å². The average molecular weight is 309 g/mol. The minimum atomic E-state index is 0.194. The molecule has 0 aliphatic rings. The van der Waals surface area contributed by atoms with Crippen LogP contribution in [0.3, 0.4) is 0 Å². The molecule has 0 amide bonds. The van der Waals surface area contributed by atoms with Gasteiger partial charge in [0.15, 0.2) is 0 Å². The fraction of sp³-hybridized carbons (Fsp3) is 0.0588. The number of nitrogens with zero attached hydrogens (tertiary/aromatic N) is 3. The smallest absolute Gasteiger partial charge is 0.215 e. The van der Waals surface area contributed by atoms with E-state index in [-0.39, 0.29) is 5.75 Å². The molecule has 5 heteroatoms. The number of para-hydroxylation sites is 2. The molecule has 0 bridgehead atoms. The zero-order valence-electron chi connectivity index (χ0n) is 12.0. The Hall–Kier alpha value is -2.66. The summed E-state index contributed by atoms with van der Waals surface area (Å²) >= 11 is 1.53. The van der Waals surface area contributed by atoms with Gasteiger partial charge in [-0.05, 0) is 31.2 Å². The van der Waals surface area contributed by atoms with Gasteiger partial charge in [0, 0.05) is 22.3 Å². The standard InChI is InChI=1S/C17H15N3OS/c1-13-12-22-17(20(13)15-8-3-2-4-9-15)19-18-11-14-7-5-6-10-16(14)21/h2-12,21H,1H3/b18-11-,19-17-. The van der Waals surface area contributed by atoms with Crippen LogP contribution in [-0.4, -0.2) is 15.9 Å². The second-order valence-corrected chi connectivity index (χ2v) is 5.57. The van der Waals surface area contributed by atoms with Crippen LogP contribution in [0.4, 0.5) is 0 Å². The number of thiazole rings is 1. The van der Waals surface area contributed by atoms with Gasteiger partial charge in [-0.1, -0.05) is 30.3 Å². The zero-order valence-corrected chi connectivity index (χ0v) is 12.9. The summed E-state index contributed by atoms with van der Waals surface area (Å²) < 4.78 is 2.05. The molecule has 1 N–H and O–H groups in total. The van der Waals surface area contributed by atoms with E-state index in [9.17, 15) is 5.11 Å². The van der Waals surface area contributed by atoms with Gasteiger partial charge in [0.05, 0.1) is 6.21 Å². The molecule has 4 nitrogen and oxygen atoms in total. The first kappa shape index (κ1) is 14.3. The van der Waals surface area contributed by atoms with Crippen molar-refractivity contribution < 1.29 is 5.11 Å². The summed E-state index contributed by atoms with van der Waals surface area (Å²) in [6.45, 7) is 2.04. The summed E-state index contributed by atoms with van der Waals surface area (Å²) in [5, 5.41) is 20.1. The van der Waals surface area contributed by atoms with Crippen LogP contribution in [0.25, 0.3) is 5.69 Å². The van der Waals surface area contributed by atoms with Crippen molar-refractivity contribution in [2.75, 3.05) is 0 Å². The summed E-state index contributed by atoms with van der Waals surface area (Å²) in [4.78, 5) is 0.787. The van der Waals surface area contributed by atoms with Gasteiger partial charge < -0.3 is 5.11 Å². The molecule has 22 heavy (non-hydrogen) atoms. The van der Waals surface area contributed by atoms with Gasteiger partial charge >= 0.3 is 0 Å². The van der Waals surface area contributed by atoms with Crippen LogP contribution >= 0.6 is 11.3 Å². The summed E-state index contributed by atoms with van der Waals surface area (Å²) in [6, 6.07) is 17.1. The fourth-order valence-corrected chi connectivity index (χ4v) is 2.92. The number of aromatic hydroxyl groups is 1. The Kier molecular flexibility index (Phi) is 4.16. The van der Waals surface area contributed by atoms with Crippen molar-refractivity contribution in [3.63, 3.8) is 0 Å². The molecule has 1 aromatic heterocycles. The fourth-order valence-electron chi connectivity index (χ4n) is 2.09. The second kappa shape index (κ2) is 6.41. The highest BCUT2D eigenvalue weighted by molar-refractivity contribution is 7.07. The Bertz CT molecular complexity index is 863. The van der Waals surface area contributed by atoms with E-state index in [1.54, 1.807) is 24.4 Å². The molecule has 110 valence electrons. The predicted octanol–water partition coefficient (Wildman–Crippen LogP) is 3.49. The largest absolute Gasteiger partial charge is 0.507 e. The number of phenols is 1. The van der Waals surface area contributed by atoms with Crippen molar-refractivity contribution in [1.82, 2.24) is 4.57 Å². The highest BCUT2D eigenvalue weighted by Gasteiger charge is 2.03. The maximum Gasteiger partial charge on any atom is 0.215 e. The molecule has 0 spiro atoms. The van der Waals surface area contributed by atoms with Gasteiger partial charge in [-0.3, -0.25) is 4.57 Å². The third kappa shape index (κ3) is 2.99. The molecule has 0 saturated carbocycles. The molecule has 2 aromatic carbocycles. The highest BCUT2D eigenvalue weighted by Crippen LogP contribution is 2.13. The van der Waals surface area contributed by atoms with Crippen molar-refractivity contribution in [2.24, 2.45) is 10.2 Å². The van der Waals surface area contributed by atoms with Gasteiger partial charge in [-0.25, -0.2) is 0 Å². The lowest BCUT2D eigenvalue weighted by atomic mass is 10.2. The van der Waals surface area contributed by atoms with Gasteiger partial charge in [0.1, 0.15) is 5.75 Å². The van der Waals surface area contributed by atoms with Crippen molar-refractivity contribution in [2.45, 2.75) is 6.92 Å². The first-order valence-corrected chi connectivity index (χ1v) is 7.71. The Morgan fingerprint density at radius 3 is 2.55 bits per heavy atom. The van der Waals surface area contributed by atoms with Crippen molar-refractivity contribution >= 4 is 17.6 Å². The molecule has 1 heterocycles. The number of hydrogen-bond acceptors (Lipinski definition) is 4. The first-order chi connectivity index (χ1) is 10.8. The summed E-state index contributed by atoms with van der Waals surface area (Å²) in [5.74, 6) is 0.194. The Morgan fingerprint density at radius 2 is 1.77 bits per heavy atom.